The molecule has 6 heteroatoms. The Bertz CT molecular complexity index is 716. The summed E-state index contributed by atoms with van der Waals surface area (Å²) < 4.78 is 27.3. The number of rotatable bonds is 3. The van der Waals surface area contributed by atoms with E-state index in [4.69, 9.17) is 0 Å². The molecule has 1 heterocycles. The Morgan fingerprint density at radius 2 is 1.67 bits per heavy atom. The number of carbonyl (C=O) groups excluding carboxylic acids is 1. The minimum absolute atomic E-state index is 0.160. The quantitative estimate of drug-likeness (QED) is 0.841. The third kappa shape index (κ3) is 3.35. The summed E-state index contributed by atoms with van der Waals surface area (Å²) in [5, 5.41) is 0. The van der Waals surface area contributed by atoms with E-state index in [1.807, 2.05) is 30.9 Å². The lowest BCUT2D eigenvalue weighted by Crippen LogP contribution is -2.51. The van der Waals surface area contributed by atoms with Gasteiger partial charge in [0.15, 0.2) is 0 Å². The van der Waals surface area contributed by atoms with E-state index in [-0.39, 0.29) is 11.8 Å². The van der Waals surface area contributed by atoms with Crippen LogP contribution in [-0.4, -0.2) is 49.7 Å². The first-order valence-corrected chi connectivity index (χ1v) is 10.2. The van der Waals surface area contributed by atoms with Crippen LogP contribution in [0.3, 0.4) is 0 Å². The SMILES string of the molecule is Cc1ccc(S(=O)(=O)N2CCN(C(=O)C3CCCC3)CC2)c(C)c1. The molecular weight excluding hydrogens is 324 g/mol. The standard InChI is InChI=1S/C18H26N2O3S/c1-14-7-8-17(15(2)13-14)24(22,23)20-11-9-19(10-12-20)18(21)16-5-3-4-6-16/h7-8,13,16H,3-6,9-12H2,1-2H3. The number of nitrogens with zero attached hydrogens (tertiary/aromatic N) is 2. The fraction of sp³-hybridized carbons (Fsp3) is 0.611. The summed E-state index contributed by atoms with van der Waals surface area (Å²) in [5.41, 5.74) is 1.83. The lowest BCUT2D eigenvalue weighted by atomic mass is 10.1. The minimum Gasteiger partial charge on any atom is -0.340 e. The predicted molar refractivity (Wildman–Crippen MR) is 93.2 cm³/mol. The Kier molecular flexibility index (Phi) is 4.97. The number of benzene rings is 1. The summed E-state index contributed by atoms with van der Waals surface area (Å²) in [6.07, 6.45) is 4.24. The first-order chi connectivity index (χ1) is 11.4. The highest BCUT2D eigenvalue weighted by Gasteiger charge is 2.33. The van der Waals surface area contributed by atoms with Gasteiger partial charge in [-0.25, -0.2) is 8.42 Å². The first kappa shape index (κ1) is 17.4. The van der Waals surface area contributed by atoms with Gasteiger partial charge >= 0.3 is 0 Å². The van der Waals surface area contributed by atoms with Gasteiger partial charge in [-0.15, -0.1) is 0 Å². The first-order valence-electron chi connectivity index (χ1n) is 8.76. The summed E-state index contributed by atoms with van der Waals surface area (Å²) in [5.74, 6) is 0.378. The highest BCUT2D eigenvalue weighted by atomic mass is 32.2. The number of sulfonamides is 1. The highest BCUT2D eigenvalue weighted by molar-refractivity contribution is 7.89. The van der Waals surface area contributed by atoms with Gasteiger partial charge < -0.3 is 4.90 Å². The topological polar surface area (TPSA) is 57.7 Å². The molecule has 1 saturated heterocycles. The molecule has 1 amide bonds. The highest BCUT2D eigenvalue weighted by Crippen LogP contribution is 2.28. The van der Waals surface area contributed by atoms with Crippen LogP contribution in [0.4, 0.5) is 0 Å². The second-order valence-electron chi connectivity index (χ2n) is 6.98. The number of piperazine rings is 1. The Balaban J connectivity index is 1.68. The molecule has 1 aliphatic heterocycles. The van der Waals surface area contributed by atoms with Gasteiger partial charge in [0.05, 0.1) is 4.90 Å². The molecule has 3 rings (SSSR count). The zero-order valence-electron chi connectivity index (χ0n) is 14.5. The molecule has 132 valence electrons. The zero-order chi connectivity index (χ0) is 17.3. The van der Waals surface area contributed by atoms with Crippen molar-refractivity contribution in [2.75, 3.05) is 26.2 Å². The molecule has 0 aromatic heterocycles. The smallest absolute Gasteiger partial charge is 0.243 e. The van der Waals surface area contributed by atoms with E-state index in [0.29, 0.717) is 31.1 Å². The van der Waals surface area contributed by atoms with Crippen LogP contribution in [0, 0.1) is 19.8 Å². The van der Waals surface area contributed by atoms with Gasteiger partial charge in [0.25, 0.3) is 0 Å². The van der Waals surface area contributed by atoms with E-state index >= 15 is 0 Å². The van der Waals surface area contributed by atoms with Crippen molar-refractivity contribution in [3.63, 3.8) is 0 Å². The van der Waals surface area contributed by atoms with Crippen LogP contribution < -0.4 is 0 Å². The van der Waals surface area contributed by atoms with E-state index in [1.165, 1.54) is 4.31 Å². The van der Waals surface area contributed by atoms with E-state index in [9.17, 15) is 13.2 Å². The van der Waals surface area contributed by atoms with Crippen molar-refractivity contribution in [3.8, 4) is 0 Å². The van der Waals surface area contributed by atoms with Crippen molar-refractivity contribution in [2.24, 2.45) is 5.92 Å². The van der Waals surface area contributed by atoms with Gasteiger partial charge in [0.1, 0.15) is 0 Å². The maximum atomic E-state index is 12.9. The van der Waals surface area contributed by atoms with E-state index in [2.05, 4.69) is 0 Å². The van der Waals surface area contributed by atoms with Crippen LogP contribution in [0.5, 0.6) is 0 Å². The van der Waals surface area contributed by atoms with E-state index < -0.39 is 10.0 Å². The van der Waals surface area contributed by atoms with Crippen LogP contribution in [0.15, 0.2) is 23.1 Å². The fourth-order valence-corrected chi connectivity index (χ4v) is 5.44. The minimum atomic E-state index is -3.48. The Labute approximate surface area is 144 Å². The molecule has 0 atom stereocenters. The second-order valence-corrected chi connectivity index (χ2v) is 8.89. The molecule has 0 spiro atoms. The van der Waals surface area contributed by atoms with Crippen LogP contribution in [0.1, 0.15) is 36.8 Å². The largest absolute Gasteiger partial charge is 0.340 e. The molecule has 0 N–H and O–H groups in total. The Hall–Kier alpha value is -1.40. The molecule has 0 radical (unpaired) electrons. The van der Waals surface area contributed by atoms with E-state index in [1.54, 1.807) is 6.07 Å². The second kappa shape index (κ2) is 6.84. The maximum Gasteiger partial charge on any atom is 0.243 e. The molecular formula is C18H26N2O3S. The molecule has 24 heavy (non-hydrogen) atoms. The molecule has 0 bridgehead atoms. The third-order valence-corrected chi connectivity index (χ3v) is 7.26. The van der Waals surface area contributed by atoms with Crippen molar-refractivity contribution >= 4 is 15.9 Å². The van der Waals surface area contributed by atoms with Crippen molar-refractivity contribution in [1.82, 2.24) is 9.21 Å². The molecule has 1 aromatic rings. The molecule has 1 saturated carbocycles. The Morgan fingerprint density at radius 1 is 1.04 bits per heavy atom. The Morgan fingerprint density at radius 3 is 2.25 bits per heavy atom. The van der Waals surface area contributed by atoms with Crippen LogP contribution in [0.2, 0.25) is 0 Å². The predicted octanol–water partition coefficient (Wildman–Crippen LogP) is 2.33. The lowest BCUT2D eigenvalue weighted by Gasteiger charge is -2.35. The number of aryl methyl sites for hydroxylation is 2. The number of carbonyl (C=O) groups is 1. The van der Waals surface area contributed by atoms with Gasteiger partial charge in [-0.1, -0.05) is 30.5 Å². The monoisotopic (exact) mass is 350 g/mol. The zero-order valence-corrected chi connectivity index (χ0v) is 15.3. The molecule has 5 nitrogen and oxygen atoms in total. The molecule has 1 aromatic carbocycles. The van der Waals surface area contributed by atoms with Crippen molar-refractivity contribution < 1.29 is 13.2 Å². The fourth-order valence-electron chi connectivity index (χ4n) is 3.81. The van der Waals surface area contributed by atoms with Crippen LogP contribution in [-0.2, 0) is 14.8 Å². The number of amides is 1. The third-order valence-electron chi connectivity index (χ3n) is 5.20. The lowest BCUT2D eigenvalue weighted by molar-refractivity contribution is -0.136. The van der Waals surface area contributed by atoms with Crippen molar-refractivity contribution in [2.45, 2.75) is 44.4 Å². The van der Waals surface area contributed by atoms with Crippen molar-refractivity contribution in [1.29, 1.82) is 0 Å². The average Bonchev–Trinajstić information content (AvgIpc) is 3.08. The van der Waals surface area contributed by atoms with Crippen LogP contribution in [0.25, 0.3) is 0 Å². The van der Waals surface area contributed by atoms with Crippen molar-refractivity contribution in [3.05, 3.63) is 29.3 Å². The summed E-state index contributed by atoms with van der Waals surface area (Å²) in [6, 6.07) is 5.42. The summed E-state index contributed by atoms with van der Waals surface area (Å²) in [4.78, 5) is 14.7. The average molecular weight is 350 g/mol. The van der Waals surface area contributed by atoms with Gasteiger partial charge in [-0.3, -0.25) is 4.79 Å². The van der Waals surface area contributed by atoms with Gasteiger partial charge in [-0.2, -0.15) is 4.31 Å². The number of hydrogen-bond donors (Lipinski definition) is 0. The summed E-state index contributed by atoms with van der Waals surface area (Å²) >= 11 is 0. The molecule has 2 fully saturated rings. The maximum absolute atomic E-state index is 12.9. The molecule has 0 unspecified atom stereocenters. The van der Waals surface area contributed by atoms with Crippen LogP contribution >= 0.6 is 0 Å². The molecule has 2 aliphatic rings. The number of hydrogen-bond acceptors (Lipinski definition) is 3. The normalized spacial score (nSPS) is 20.5. The van der Waals surface area contributed by atoms with Gasteiger partial charge in [0.2, 0.25) is 15.9 Å². The molecule has 1 aliphatic carbocycles. The van der Waals surface area contributed by atoms with E-state index in [0.717, 1.165) is 36.8 Å². The van der Waals surface area contributed by atoms with Gasteiger partial charge in [0, 0.05) is 32.1 Å². The summed E-state index contributed by atoms with van der Waals surface area (Å²) in [6.45, 7) is 5.55. The van der Waals surface area contributed by atoms with Gasteiger partial charge in [-0.05, 0) is 38.3 Å². The summed E-state index contributed by atoms with van der Waals surface area (Å²) in [7, 11) is -3.48.